The molecule has 5 nitrogen and oxygen atoms in total. The Balaban J connectivity index is 1.90. The maximum absolute atomic E-state index is 12.7. The molecule has 3 rings (SSSR count). The molecule has 3 atom stereocenters. The van der Waals surface area contributed by atoms with Crippen molar-refractivity contribution < 1.29 is 14.7 Å². The van der Waals surface area contributed by atoms with E-state index in [9.17, 15) is 14.7 Å². The molecular formula is C15H17BrN2O3. The highest BCUT2D eigenvalue weighted by atomic mass is 79.9. The highest BCUT2D eigenvalue weighted by Crippen LogP contribution is 2.40. The number of aromatic nitrogens is 1. The summed E-state index contributed by atoms with van der Waals surface area (Å²) in [6, 6.07) is 2.74. The van der Waals surface area contributed by atoms with Gasteiger partial charge in [-0.15, -0.1) is 0 Å². The first kappa shape index (κ1) is 14.5. The zero-order valence-electron chi connectivity index (χ0n) is 11.5. The van der Waals surface area contributed by atoms with Crippen LogP contribution in [-0.2, 0) is 4.79 Å². The predicted octanol–water partition coefficient (Wildman–Crippen LogP) is 2.70. The second-order valence-corrected chi connectivity index (χ2v) is 6.69. The number of carboxylic acids is 1. The molecule has 1 aromatic rings. The molecule has 6 heteroatoms. The molecule has 1 N–H and O–H groups in total. The fourth-order valence-corrected chi connectivity index (χ4v) is 3.84. The van der Waals surface area contributed by atoms with Gasteiger partial charge in [-0.2, -0.15) is 0 Å². The molecule has 0 radical (unpaired) electrons. The van der Waals surface area contributed by atoms with Gasteiger partial charge in [0.1, 0.15) is 11.7 Å². The number of hydrogen-bond donors (Lipinski definition) is 1. The van der Waals surface area contributed by atoms with Crippen LogP contribution < -0.4 is 0 Å². The molecule has 1 aliphatic heterocycles. The Kier molecular flexibility index (Phi) is 3.97. The highest BCUT2D eigenvalue weighted by molar-refractivity contribution is 9.10. The third-order valence-electron chi connectivity index (χ3n) is 4.55. The van der Waals surface area contributed by atoms with Gasteiger partial charge in [0.25, 0.3) is 5.91 Å². The van der Waals surface area contributed by atoms with Crippen LogP contribution in [0.4, 0.5) is 0 Å². The fraction of sp³-hybridized carbons (Fsp3) is 0.533. The van der Waals surface area contributed by atoms with Crippen molar-refractivity contribution >= 4 is 27.8 Å². The molecule has 2 aliphatic rings. The molecule has 0 spiro atoms. The third-order valence-corrected chi connectivity index (χ3v) is 5.02. The van der Waals surface area contributed by atoms with Crippen molar-refractivity contribution in [1.29, 1.82) is 0 Å². The first-order valence-corrected chi connectivity index (χ1v) is 8.04. The third kappa shape index (κ3) is 2.69. The van der Waals surface area contributed by atoms with Gasteiger partial charge in [0.2, 0.25) is 0 Å². The Bertz CT molecular complexity index is 561. The van der Waals surface area contributed by atoms with Crippen molar-refractivity contribution in [2.75, 3.05) is 0 Å². The molecule has 2 fully saturated rings. The fourth-order valence-electron chi connectivity index (χ4n) is 3.61. The largest absolute Gasteiger partial charge is 0.480 e. The Hall–Kier alpha value is -1.43. The number of hydrogen-bond acceptors (Lipinski definition) is 3. The summed E-state index contributed by atoms with van der Waals surface area (Å²) in [7, 11) is 0. The predicted molar refractivity (Wildman–Crippen MR) is 79.9 cm³/mol. The van der Waals surface area contributed by atoms with Gasteiger partial charge in [0, 0.05) is 16.7 Å². The molecule has 112 valence electrons. The molecule has 0 aromatic carbocycles. The minimum Gasteiger partial charge on any atom is -0.480 e. The summed E-state index contributed by atoms with van der Waals surface area (Å²) in [6.45, 7) is 0. The zero-order valence-corrected chi connectivity index (χ0v) is 13.1. The number of aliphatic carboxylic acids is 1. The number of pyridine rings is 1. The second-order valence-electron chi connectivity index (χ2n) is 5.78. The summed E-state index contributed by atoms with van der Waals surface area (Å²) >= 11 is 3.29. The Morgan fingerprint density at radius 3 is 2.71 bits per heavy atom. The Morgan fingerprint density at radius 1 is 1.29 bits per heavy atom. The van der Waals surface area contributed by atoms with E-state index in [2.05, 4.69) is 20.9 Å². The van der Waals surface area contributed by atoms with Crippen LogP contribution in [0.1, 0.15) is 42.6 Å². The topological polar surface area (TPSA) is 70.5 Å². The van der Waals surface area contributed by atoms with Gasteiger partial charge in [-0.05, 0) is 53.2 Å². The van der Waals surface area contributed by atoms with E-state index < -0.39 is 12.0 Å². The summed E-state index contributed by atoms with van der Waals surface area (Å²) in [5.41, 5.74) is 0.315. The lowest BCUT2D eigenvalue weighted by Gasteiger charge is -2.32. The van der Waals surface area contributed by atoms with Crippen LogP contribution in [-0.4, -0.2) is 39.0 Å². The number of rotatable bonds is 2. The molecule has 2 heterocycles. The van der Waals surface area contributed by atoms with Crippen LogP contribution >= 0.6 is 15.9 Å². The lowest BCUT2D eigenvalue weighted by atomic mass is 9.84. The number of likely N-dealkylation sites (tertiary alicyclic amines) is 1. The van der Waals surface area contributed by atoms with Crippen LogP contribution in [0, 0.1) is 5.92 Å². The van der Waals surface area contributed by atoms with Crippen LogP contribution in [0.15, 0.2) is 22.8 Å². The average molecular weight is 353 g/mol. The van der Waals surface area contributed by atoms with Crippen LogP contribution in [0.5, 0.6) is 0 Å². The monoisotopic (exact) mass is 352 g/mol. The molecular weight excluding hydrogens is 336 g/mol. The van der Waals surface area contributed by atoms with E-state index in [-0.39, 0.29) is 11.9 Å². The van der Waals surface area contributed by atoms with E-state index in [4.69, 9.17) is 0 Å². The normalized spacial score (nSPS) is 28.2. The first-order valence-electron chi connectivity index (χ1n) is 7.25. The van der Waals surface area contributed by atoms with Gasteiger partial charge >= 0.3 is 5.97 Å². The number of halogens is 1. The molecule has 1 amide bonds. The molecule has 0 unspecified atom stereocenters. The molecule has 1 aliphatic carbocycles. The number of fused-ring (bicyclic) bond motifs is 1. The maximum Gasteiger partial charge on any atom is 0.326 e. The highest BCUT2D eigenvalue weighted by Gasteiger charge is 2.47. The SMILES string of the molecule is O=C(O)[C@@H]1C[C@H]2CCCC[C@@H]2N1C(=O)c1ccc(Br)cn1. The summed E-state index contributed by atoms with van der Waals surface area (Å²) in [5, 5.41) is 9.45. The van der Waals surface area contributed by atoms with Crippen molar-refractivity contribution in [3.05, 3.63) is 28.5 Å². The van der Waals surface area contributed by atoms with Gasteiger partial charge in [-0.25, -0.2) is 9.78 Å². The van der Waals surface area contributed by atoms with Crippen molar-refractivity contribution in [2.45, 2.75) is 44.2 Å². The molecule has 1 saturated heterocycles. The van der Waals surface area contributed by atoms with Crippen molar-refractivity contribution in [2.24, 2.45) is 5.92 Å². The van der Waals surface area contributed by atoms with Crippen molar-refractivity contribution in [3.8, 4) is 0 Å². The van der Waals surface area contributed by atoms with Crippen LogP contribution in [0.3, 0.4) is 0 Å². The molecule has 1 saturated carbocycles. The van der Waals surface area contributed by atoms with E-state index in [0.29, 0.717) is 18.0 Å². The maximum atomic E-state index is 12.7. The van der Waals surface area contributed by atoms with Gasteiger partial charge in [-0.1, -0.05) is 12.8 Å². The smallest absolute Gasteiger partial charge is 0.326 e. The second kappa shape index (κ2) is 5.75. The summed E-state index contributed by atoms with van der Waals surface area (Å²) < 4.78 is 0.797. The van der Waals surface area contributed by atoms with Crippen LogP contribution in [0.25, 0.3) is 0 Å². The molecule has 0 bridgehead atoms. The zero-order chi connectivity index (χ0) is 15.0. The molecule has 21 heavy (non-hydrogen) atoms. The lowest BCUT2D eigenvalue weighted by molar-refractivity contribution is -0.141. The minimum atomic E-state index is -0.908. The van der Waals surface area contributed by atoms with E-state index in [1.54, 1.807) is 23.2 Å². The molecule has 1 aromatic heterocycles. The number of carbonyl (C=O) groups is 2. The van der Waals surface area contributed by atoms with Gasteiger partial charge < -0.3 is 10.0 Å². The number of nitrogens with zero attached hydrogens (tertiary/aromatic N) is 2. The summed E-state index contributed by atoms with van der Waals surface area (Å²) in [5.74, 6) is -0.849. The number of carbonyl (C=O) groups excluding carboxylic acids is 1. The van der Waals surface area contributed by atoms with Crippen molar-refractivity contribution in [1.82, 2.24) is 9.88 Å². The van der Waals surface area contributed by atoms with E-state index in [1.807, 2.05) is 0 Å². The Morgan fingerprint density at radius 2 is 2.05 bits per heavy atom. The van der Waals surface area contributed by atoms with E-state index in [1.165, 1.54) is 0 Å². The van der Waals surface area contributed by atoms with E-state index in [0.717, 1.165) is 30.2 Å². The van der Waals surface area contributed by atoms with E-state index >= 15 is 0 Å². The van der Waals surface area contributed by atoms with Gasteiger partial charge in [0.05, 0.1) is 0 Å². The lowest BCUT2D eigenvalue weighted by Crippen LogP contribution is -2.46. The van der Waals surface area contributed by atoms with Gasteiger partial charge in [-0.3, -0.25) is 4.79 Å². The Labute approximate surface area is 131 Å². The van der Waals surface area contributed by atoms with Crippen LogP contribution in [0.2, 0.25) is 0 Å². The summed E-state index contributed by atoms with van der Waals surface area (Å²) in [6.07, 6.45) is 6.25. The minimum absolute atomic E-state index is 0.0535. The summed E-state index contributed by atoms with van der Waals surface area (Å²) in [4.78, 5) is 29.9. The van der Waals surface area contributed by atoms with Crippen molar-refractivity contribution in [3.63, 3.8) is 0 Å². The standard InChI is InChI=1S/C15H17BrN2O3/c16-10-5-6-11(17-8-10)14(19)18-12-4-2-1-3-9(12)7-13(18)15(20)21/h5-6,8-9,12-13H,1-4,7H2,(H,20,21)/t9-,12+,13+/m1/s1. The average Bonchev–Trinajstić information content (AvgIpc) is 2.87. The number of amides is 1. The quantitative estimate of drug-likeness (QED) is 0.888. The number of carboxylic acid groups (broad SMARTS) is 1. The van der Waals surface area contributed by atoms with Gasteiger partial charge in [0.15, 0.2) is 0 Å². The first-order chi connectivity index (χ1) is 10.1.